The number of halogens is 3. The second kappa shape index (κ2) is 7.09. The summed E-state index contributed by atoms with van der Waals surface area (Å²) in [5.74, 6) is -0.536. The van der Waals surface area contributed by atoms with Crippen LogP contribution in [0.15, 0.2) is 18.5 Å². The van der Waals surface area contributed by atoms with Crippen LogP contribution in [-0.2, 0) is 6.18 Å². The first kappa shape index (κ1) is 19.6. The van der Waals surface area contributed by atoms with Crippen LogP contribution in [0.1, 0.15) is 31.2 Å². The summed E-state index contributed by atoms with van der Waals surface area (Å²) >= 11 is 1.45. The predicted molar refractivity (Wildman–Crippen MR) is 109 cm³/mol. The van der Waals surface area contributed by atoms with Crippen LogP contribution in [0.3, 0.4) is 0 Å². The molecule has 11 heteroatoms. The van der Waals surface area contributed by atoms with E-state index in [2.05, 4.69) is 25.3 Å². The molecule has 0 bridgehead atoms. The van der Waals surface area contributed by atoms with E-state index in [1.807, 2.05) is 0 Å². The van der Waals surface area contributed by atoms with E-state index in [9.17, 15) is 13.2 Å². The Kier molecular flexibility index (Phi) is 4.62. The highest BCUT2D eigenvalue weighted by molar-refractivity contribution is 7.20. The van der Waals surface area contributed by atoms with Crippen molar-refractivity contribution in [2.45, 2.75) is 31.9 Å². The predicted octanol–water partition coefficient (Wildman–Crippen LogP) is 3.42. The van der Waals surface area contributed by atoms with Crippen LogP contribution in [0.2, 0.25) is 0 Å². The van der Waals surface area contributed by atoms with Gasteiger partial charge in [0.15, 0.2) is 0 Å². The van der Waals surface area contributed by atoms with Gasteiger partial charge >= 0.3 is 6.18 Å². The van der Waals surface area contributed by atoms with Gasteiger partial charge in [-0.05, 0) is 50.3 Å². The molecule has 5 heterocycles. The van der Waals surface area contributed by atoms with E-state index in [0.717, 1.165) is 50.2 Å². The number of nitrogen functional groups attached to an aromatic ring is 1. The van der Waals surface area contributed by atoms with Gasteiger partial charge in [0.25, 0.3) is 0 Å². The average Bonchev–Trinajstić information content (AvgIpc) is 3.30. The summed E-state index contributed by atoms with van der Waals surface area (Å²) in [4.78, 5) is 11.0. The molecule has 2 fully saturated rings. The van der Waals surface area contributed by atoms with Crippen molar-refractivity contribution in [2.75, 3.05) is 36.8 Å². The number of nitrogens with two attached hydrogens (primary N) is 1. The lowest BCUT2D eigenvalue weighted by molar-refractivity contribution is -0.137. The molecule has 5 rings (SSSR count). The van der Waals surface area contributed by atoms with Crippen LogP contribution < -0.4 is 16.0 Å². The van der Waals surface area contributed by atoms with Crippen LogP contribution in [0.4, 0.5) is 24.1 Å². The minimum atomic E-state index is -4.57. The summed E-state index contributed by atoms with van der Waals surface area (Å²) in [6.07, 6.45) is 3.00. The maximum absolute atomic E-state index is 13.2. The molecule has 0 radical (unpaired) electrons. The van der Waals surface area contributed by atoms with Gasteiger partial charge in [0.2, 0.25) is 10.1 Å². The molecular formula is C19H22F3N7S. The first-order valence-corrected chi connectivity index (χ1v) is 10.8. The Morgan fingerprint density at radius 3 is 2.50 bits per heavy atom. The molecule has 3 aromatic rings. The lowest BCUT2D eigenvalue weighted by Crippen LogP contribution is -2.45. The molecule has 0 amide bonds. The van der Waals surface area contributed by atoms with Crippen molar-refractivity contribution in [1.29, 1.82) is 0 Å². The molecule has 7 nitrogen and oxygen atoms in total. The van der Waals surface area contributed by atoms with E-state index in [0.29, 0.717) is 16.1 Å². The fourth-order valence-electron chi connectivity index (χ4n) is 4.48. The molecular weight excluding hydrogens is 415 g/mol. The third-order valence-corrected chi connectivity index (χ3v) is 7.34. The Bertz CT molecular complexity index is 1060. The smallest absolute Gasteiger partial charge is 0.383 e. The molecule has 0 aromatic carbocycles. The topological polar surface area (TPSA) is 84.4 Å². The lowest BCUT2D eigenvalue weighted by atomic mass is 9.72. The second-order valence-corrected chi connectivity index (χ2v) is 9.05. The van der Waals surface area contributed by atoms with E-state index in [-0.39, 0.29) is 5.56 Å². The van der Waals surface area contributed by atoms with Crippen molar-refractivity contribution in [2.24, 2.45) is 5.41 Å². The van der Waals surface area contributed by atoms with Gasteiger partial charge in [-0.1, -0.05) is 11.3 Å². The monoisotopic (exact) mass is 437 g/mol. The summed E-state index contributed by atoms with van der Waals surface area (Å²) in [5, 5.41) is 8.95. The molecule has 0 unspecified atom stereocenters. The van der Waals surface area contributed by atoms with Crippen LogP contribution in [-0.4, -0.2) is 45.8 Å². The number of anilines is 2. The zero-order valence-electron chi connectivity index (χ0n) is 16.2. The third-order valence-electron chi connectivity index (χ3n) is 6.35. The zero-order chi connectivity index (χ0) is 20.9. The summed E-state index contributed by atoms with van der Waals surface area (Å²) < 4.78 is 41.2. The quantitative estimate of drug-likeness (QED) is 0.639. The Labute approximate surface area is 175 Å². The Balaban J connectivity index is 1.41. The van der Waals surface area contributed by atoms with Gasteiger partial charge in [-0.25, -0.2) is 14.5 Å². The second-order valence-electron chi connectivity index (χ2n) is 8.11. The molecule has 2 aliphatic rings. The Hall–Kier alpha value is -2.40. The first-order valence-electron chi connectivity index (χ1n) is 9.98. The Morgan fingerprint density at radius 2 is 1.80 bits per heavy atom. The van der Waals surface area contributed by atoms with E-state index in [1.54, 1.807) is 4.52 Å². The number of aromatic nitrogens is 4. The highest BCUT2D eigenvalue weighted by Gasteiger charge is 2.37. The van der Waals surface area contributed by atoms with Gasteiger partial charge in [-0.15, -0.1) is 5.10 Å². The van der Waals surface area contributed by atoms with Crippen LogP contribution in [0.25, 0.3) is 16.2 Å². The maximum Gasteiger partial charge on any atom is 0.419 e. The number of rotatable bonds is 2. The number of pyridine rings is 1. The number of hydrogen-bond donors (Lipinski definition) is 2. The van der Waals surface area contributed by atoms with Crippen molar-refractivity contribution >= 4 is 27.2 Å². The van der Waals surface area contributed by atoms with Crippen LogP contribution >= 0.6 is 11.3 Å². The summed E-state index contributed by atoms with van der Waals surface area (Å²) in [6.45, 7) is 4.05. The van der Waals surface area contributed by atoms with Gasteiger partial charge in [-0.2, -0.15) is 13.2 Å². The largest absolute Gasteiger partial charge is 0.419 e. The minimum absolute atomic E-state index is 0.285. The SMILES string of the molecule is Nc1ncc(-c2cnc3sc(N4CCC5(CCNCC5)CC4)nn23)cc1C(F)(F)F. The van der Waals surface area contributed by atoms with Gasteiger partial charge in [-0.3, -0.25) is 0 Å². The van der Waals surface area contributed by atoms with Crippen LogP contribution in [0, 0.1) is 5.41 Å². The van der Waals surface area contributed by atoms with Crippen molar-refractivity contribution in [3.05, 3.63) is 24.0 Å². The molecule has 2 saturated heterocycles. The van der Waals surface area contributed by atoms with Gasteiger partial charge in [0.05, 0.1) is 17.5 Å². The fourth-order valence-corrected chi connectivity index (χ4v) is 5.41. The van der Waals surface area contributed by atoms with Gasteiger partial charge in [0, 0.05) is 24.8 Å². The third kappa shape index (κ3) is 3.39. The lowest BCUT2D eigenvalue weighted by Gasteiger charge is -2.44. The maximum atomic E-state index is 13.2. The molecule has 160 valence electrons. The van der Waals surface area contributed by atoms with Crippen molar-refractivity contribution in [1.82, 2.24) is 24.9 Å². The first-order chi connectivity index (χ1) is 14.3. The number of hydrogen-bond acceptors (Lipinski definition) is 7. The standard InChI is InChI=1S/C19H22F3N7S/c20-19(21,22)13-9-12(10-25-15(13)23)14-11-26-16-29(14)27-17(30-16)28-7-3-18(4-8-28)1-5-24-6-2-18/h9-11,24H,1-8H2,(H2,23,25). The highest BCUT2D eigenvalue weighted by atomic mass is 32.1. The summed E-state index contributed by atoms with van der Waals surface area (Å²) in [5.41, 5.74) is 5.67. The number of nitrogens with zero attached hydrogens (tertiary/aromatic N) is 5. The van der Waals surface area contributed by atoms with E-state index in [1.165, 1.54) is 36.6 Å². The normalized spacial score (nSPS) is 19.6. The Morgan fingerprint density at radius 1 is 1.07 bits per heavy atom. The molecule has 30 heavy (non-hydrogen) atoms. The number of nitrogens with one attached hydrogen (secondary N) is 1. The molecule has 0 aliphatic carbocycles. The minimum Gasteiger partial charge on any atom is -0.383 e. The number of imidazole rings is 1. The molecule has 1 spiro atoms. The van der Waals surface area contributed by atoms with Crippen LogP contribution in [0.5, 0.6) is 0 Å². The van der Waals surface area contributed by atoms with Crippen molar-refractivity contribution < 1.29 is 13.2 Å². The van der Waals surface area contributed by atoms with Crippen molar-refractivity contribution in [3.63, 3.8) is 0 Å². The molecule has 2 aliphatic heterocycles. The number of fused-ring (bicyclic) bond motifs is 1. The average molecular weight is 437 g/mol. The molecule has 3 aromatic heterocycles. The van der Waals surface area contributed by atoms with Gasteiger partial charge < -0.3 is 16.0 Å². The number of alkyl halides is 3. The summed E-state index contributed by atoms with van der Waals surface area (Å²) in [7, 11) is 0. The van der Waals surface area contributed by atoms with E-state index >= 15 is 0 Å². The summed E-state index contributed by atoms with van der Waals surface area (Å²) in [6, 6.07) is 1.01. The molecule has 0 saturated carbocycles. The molecule has 3 N–H and O–H groups in total. The van der Waals surface area contributed by atoms with E-state index in [4.69, 9.17) is 5.73 Å². The zero-order valence-corrected chi connectivity index (χ0v) is 17.1. The van der Waals surface area contributed by atoms with Gasteiger partial charge in [0.1, 0.15) is 5.82 Å². The number of piperidine rings is 2. The van der Waals surface area contributed by atoms with Crippen molar-refractivity contribution in [3.8, 4) is 11.3 Å². The van der Waals surface area contributed by atoms with E-state index < -0.39 is 17.6 Å². The fraction of sp³-hybridized carbons (Fsp3) is 0.526. The highest BCUT2D eigenvalue weighted by Crippen LogP contribution is 2.41. The molecule has 0 atom stereocenters.